The minimum Gasteiger partial charge on any atom is -0.387 e. The average Bonchev–Trinajstić information content (AvgIpc) is 2.97. The molecule has 0 bridgehead atoms. The van der Waals surface area contributed by atoms with Crippen molar-refractivity contribution in [1.82, 2.24) is 5.32 Å². The zero-order valence-corrected chi connectivity index (χ0v) is 14.2. The maximum absolute atomic E-state index is 12.2. The maximum Gasteiger partial charge on any atom is 0.261 e. The van der Waals surface area contributed by atoms with E-state index in [4.69, 9.17) is 0 Å². The number of fused-ring (bicyclic) bond motifs is 1. The van der Waals surface area contributed by atoms with Crippen molar-refractivity contribution in [1.29, 1.82) is 0 Å². The number of nitrogens with one attached hydrogen (secondary N) is 1. The number of amides is 1. The van der Waals surface area contributed by atoms with Crippen molar-refractivity contribution in [2.24, 2.45) is 5.92 Å². The van der Waals surface area contributed by atoms with Crippen molar-refractivity contribution < 1.29 is 18.3 Å². The molecule has 1 fully saturated rings. The molecule has 3 rings (SSSR count). The monoisotopic (exact) mass is 343 g/mol. The van der Waals surface area contributed by atoms with Gasteiger partial charge in [0.15, 0.2) is 9.84 Å². The van der Waals surface area contributed by atoms with E-state index in [1.165, 1.54) is 21.8 Å². The lowest BCUT2D eigenvalue weighted by molar-refractivity contribution is 0.0610. The number of carbonyl (C=O) groups excluding carboxylic acids is 1. The summed E-state index contributed by atoms with van der Waals surface area (Å²) in [6.45, 7) is 2.21. The molecule has 1 amide bonds. The highest BCUT2D eigenvalue weighted by molar-refractivity contribution is 7.91. The Morgan fingerprint density at radius 1 is 1.55 bits per heavy atom. The Bertz CT molecular complexity index is 694. The van der Waals surface area contributed by atoms with Crippen LogP contribution in [0.5, 0.6) is 0 Å². The van der Waals surface area contributed by atoms with Gasteiger partial charge in [0.25, 0.3) is 5.91 Å². The second kappa shape index (κ2) is 5.62. The minimum absolute atomic E-state index is 0.00937. The molecule has 22 heavy (non-hydrogen) atoms. The summed E-state index contributed by atoms with van der Waals surface area (Å²) >= 11 is 1.51. The van der Waals surface area contributed by atoms with Gasteiger partial charge in [0, 0.05) is 11.4 Å². The number of carbonyl (C=O) groups is 1. The van der Waals surface area contributed by atoms with E-state index in [1.54, 1.807) is 0 Å². The first-order valence-corrected chi connectivity index (χ1v) is 10.2. The van der Waals surface area contributed by atoms with Crippen LogP contribution >= 0.6 is 11.3 Å². The third-order valence-electron chi connectivity index (χ3n) is 4.50. The lowest BCUT2D eigenvalue weighted by Gasteiger charge is -2.20. The molecule has 2 heterocycles. The van der Waals surface area contributed by atoms with Crippen molar-refractivity contribution >= 4 is 27.1 Å². The molecule has 122 valence electrons. The molecule has 2 atom stereocenters. The predicted molar refractivity (Wildman–Crippen MR) is 86.1 cm³/mol. The summed E-state index contributed by atoms with van der Waals surface area (Å²) in [5.74, 6) is 0.163. The number of aryl methyl sites for hydroxylation is 1. The summed E-state index contributed by atoms with van der Waals surface area (Å²) in [4.78, 5) is 14.2. The summed E-state index contributed by atoms with van der Waals surface area (Å²) in [6.07, 6.45) is 3.39. The molecule has 7 heteroatoms. The maximum atomic E-state index is 12.2. The highest BCUT2D eigenvalue weighted by Crippen LogP contribution is 2.32. The number of hydrogen-bond acceptors (Lipinski definition) is 5. The second-order valence-electron chi connectivity index (χ2n) is 6.66. The van der Waals surface area contributed by atoms with E-state index < -0.39 is 15.4 Å². The smallest absolute Gasteiger partial charge is 0.261 e. The summed E-state index contributed by atoms with van der Waals surface area (Å²) < 4.78 is 22.9. The number of thiophene rings is 1. The van der Waals surface area contributed by atoms with Gasteiger partial charge in [-0.05, 0) is 43.2 Å². The van der Waals surface area contributed by atoms with Crippen LogP contribution in [0.2, 0.25) is 0 Å². The van der Waals surface area contributed by atoms with Gasteiger partial charge in [0.05, 0.1) is 22.0 Å². The van der Waals surface area contributed by atoms with Crippen LogP contribution < -0.4 is 5.32 Å². The molecule has 0 saturated carbocycles. The van der Waals surface area contributed by atoms with E-state index in [0.717, 1.165) is 19.3 Å². The van der Waals surface area contributed by atoms with Gasteiger partial charge < -0.3 is 10.4 Å². The van der Waals surface area contributed by atoms with E-state index in [2.05, 4.69) is 12.2 Å². The highest BCUT2D eigenvalue weighted by Gasteiger charge is 2.40. The Hall–Kier alpha value is -0.920. The largest absolute Gasteiger partial charge is 0.387 e. The molecule has 2 unspecified atom stereocenters. The fraction of sp³-hybridized carbons (Fsp3) is 0.667. The Labute approximate surface area is 134 Å². The molecule has 1 aromatic rings. The minimum atomic E-state index is -3.17. The molecule has 0 spiro atoms. The Kier molecular flexibility index (Phi) is 4.07. The van der Waals surface area contributed by atoms with Crippen molar-refractivity contribution in [3.63, 3.8) is 0 Å². The van der Waals surface area contributed by atoms with Crippen LogP contribution in [0, 0.1) is 5.92 Å². The van der Waals surface area contributed by atoms with Gasteiger partial charge in [-0.3, -0.25) is 4.79 Å². The summed E-state index contributed by atoms with van der Waals surface area (Å²) in [6, 6.07) is 1.94. The third kappa shape index (κ3) is 3.36. The summed E-state index contributed by atoms with van der Waals surface area (Å²) in [5.41, 5.74) is -0.0593. The molecular weight excluding hydrogens is 322 g/mol. The quantitative estimate of drug-likeness (QED) is 0.862. The van der Waals surface area contributed by atoms with E-state index in [1.807, 2.05) is 6.07 Å². The van der Waals surface area contributed by atoms with Gasteiger partial charge in [0.2, 0.25) is 0 Å². The zero-order valence-electron chi connectivity index (χ0n) is 12.6. The van der Waals surface area contributed by atoms with E-state index in [9.17, 15) is 18.3 Å². The normalized spacial score (nSPS) is 30.0. The lowest BCUT2D eigenvalue weighted by atomic mass is 9.90. The molecule has 5 nitrogen and oxygen atoms in total. The molecule has 0 radical (unpaired) electrons. The number of hydrogen-bond donors (Lipinski definition) is 2. The average molecular weight is 343 g/mol. The van der Waals surface area contributed by atoms with E-state index in [0.29, 0.717) is 10.8 Å². The number of rotatable bonds is 3. The molecule has 2 aliphatic rings. The SMILES string of the molecule is CC1CCc2sc(C(=O)NCC3(O)CCS(=O)(=O)C3)cc2C1. The van der Waals surface area contributed by atoms with Gasteiger partial charge in [-0.15, -0.1) is 11.3 Å². The molecular formula is C15H21NO4S2. The van der Waals surface area contributed by atoms with Crippen molar-refractivity contribution in [3.05, 3.63) is 21.4 Å². The van der Waals surface area contributed by atoms with Gasteiger partial charge in [-0.2, -0.15) is 0 Å². The standard InChI is InChI=1S/C15H21NO4S2/c1-10-2-3-12-11(6-10)7-13(21-12)14(17)16-8-15(18)4-5-22(19,20)9-15/h7,10,18H,2-6,8-9H2,1H3,(H,16,17). The van der Waals surface area contributed by atoms with Crippen LogP contribution in [0.25, 0.3) is 0 Å². The van der Waals surface area contributed by atoms with Crippen LogP contribution in [0.1, 0.15) is 39.9 Å². The summed E-state index contributed by atoms with van der Waals surface area (Å²) in [7, 11) is -3.17. The van der Waals surface area contributed by atoms with Gasteiger partial charge in [-0.1, -0.05) is 6.92 Å². The van der Waals surface area contributed by atoms with Crippen LogP contribution in [0.15, 0.2) is 6.07 Å². The van der Waals surface area contributed by atoms with Crippen LogP contribution in [-0.2, 0) is 22.7 Å². The number of aliphatic hydroxyl groups is 1. The van der Waals surface area contributed by atoms with E-state index in [-0.39, 0.29) is 30.4 Å². The van der Waals surface area contributed by atoms with Crippen LogP contribution in [-0.4, -0.2) is 43.1 Å². The molecule has 1 aromatic heterocycles. The molecule has 1 aliphatic carbocycles. The van der Waals surface area contributed by atoms with Gasteiger partial charge in [0.1, 0.15) is 0 Å². The zero-order chi connectivity index (χ0) is 16.0. The van der Waals surface area contributed by atoms with Gasteiger partial charge in [-0.25, -0.2) is 8.42 Å². The molecule has 2 N–H and O–H groups in total. The molecule has 1 saturated heterocycles. The van der Waals surface area contributed by atoms with Crippen molar-refractivity contribution in [3.8, 4) is 0 Å². The first-order chi connectivity index (χ1) is 10.3. The fourth-order valence-electron chi connectivity index (χ4n) is 3.19. The Morgan fingerprint density at radius 3 is 3.00 bits per heavy atom. The fourth-order valence-corrected chi connectivity index (χ4v) is 6.21. The first-order valence-electron chi connectivity index (χ1n) is 7.59. The van der Waals surface area contributed by atoms with E-state index >= 15 is 0 Å². The molecule has 1 aliphatic heterocycles. The Balaban J connectivity index is 1.63. The Morgan fingerprint density at radius 2 is 2.32 bits per heavy atom. The van der Waals surface area contributed by atoms with Crippen molar-refractivity contribution in [2.75, 3.05) is 18.1 Å². The third-order valence-corrected chi connectivity index (χ3v) is 7.54. The second-order valence-corrected chi connectivity index (χ2v) is 9.98. The predicted octanol–water partition coefficient (Wildman–Crippen LogP) is 1.15. The van der Waals surface area contributed by atoms with Crippen molar-refractivity contribution in [2.45, 2.75) is 38.2 Å². The summed E-state index contributed by atoms with van der Waals surface area (Å²) in [5, 5.41) is 12.9. The number of sulfone groups is 1. The highest BCUT2D eigenvalue weighted by atomic mass is 32.2. The van der Waals surface area contributed by atoms with Crippen LogP contribution in [0.3, 0.4) is 0 Å². The first kappa shape index (κ1) is 16.0. The molecule has 0 aromatic carbocycles. The van der Waals surface area contributed by atoms with Crippen LogP contribution in [0.4, 0.5) is 0 Å². The van der Waals surface area contributed by atoms with Gasteiger partial charge >= 0.3 is 0 Å². The topological polar surface area (TPSA) is 83.5 Å². The lowest BCUT2D eigenvalue weighted by Crippen LogP contribution is -2.43.